The molecule has 36 heavy (non-hydrogen) atoms. The lowest BCUT2D eigenvalue weighted by Gasteiger charge is -2.32. The molecule has 0 aliphatic heterocycles. The smallest absolute Gasteiger partial charge is 0.244 e. The van der Waals surface area contributed by atoms with E-state index >= 15 is 0 Å². The molecule has 196 valence electrons. The Balaban J connectivity index is 1.88. The first-order chi connectivity index (χ1) is 17.0. The summed E-state index contributed by atoms with van der Waals surface area (Å²) in [7, 11) is -2.20. The van der Waals surface area contributed by atoms with Crippen molar-refractivity contribution in [3.8, 4) is 5.75 Å². The Bertz CT molecular complexity index is 1180. The summed E-state index contributed by atoms with van der Waals surface area (Å²) in [6, 6.07) is 11.7. The SMILES string of the molecule is COc1ccc(CN(C(=O)CN(c2ccc(Br)c(C)c2)S(C)(=O)=O)[C@H](C)C(=O)NC2CCCC2)cc1. The number of benzene rings is 2. The minimum atomic E-state index is -3.77. The van der Waals surface area contributed by atoms with Crippen molar-refractivity contribution in [1.82, 2.24) is 10.2 Å². The summed E-state index contributed by atoms with van der Waals surface area (Å²) in [6.07, 6.45) is 5.07. The van der Waals surface area contributed by atoms with Crippen LogP contribution >= 0.6 is 15.9 Å². The molecule has 1 saturated carbocycles. The molecule has 1 atom stereocenters. The van der Waals surface area contributed by atoms with Crippen molar-refractivity contribution >= 4 is 43.5 Å². The lowest BCUT2D eigenvalue weighted by Crippen LogP contribution is -2.52. The Kier molecular flexibility index (Phi) is 9.41. The van der Waals surface area contributed by atoms with Gasteiger partial charge in [0.25, 0.3) is 0 Å². The van der Waals surface area contributed by atoms with Crippen LogP contribution in [-0.4, -0.2) is 57.1 Å². The zero-order chi connectivity index (χ0) is 26.5. The van der Waals surface area contributed by atoms with Crippen molar-refractivity contribution in [2.45, 2.75) is 58.2 Å². The van der Waals surface area contributed by atoms with Gasteiger partial charge in [0.2, 0.25) is 21.8 Å². The van der Waals surface area contributed by atoms with Gasteiger partial charge in [-0.3, -0.25) is 13.9 Å². The summed E-state index contributed by atoms with van der Waals surface area (Å²) < 4.78 is 32.5. The van der Waals surface area contributed by atoms with E-state index in [0.29, 0.717) is 11.4 Å². The molecule has 0 unspecified atom stereocenters. The molecule has 3 rings (SSSR count). The maximum atomic E-state index is 13.6. The number of methoxy groups -OCH3 is 1. The van der Waals surface area contributed by atoms with Crippen LogP contribution < -0.4 is 14.4 Å². The fraction of sp³-hybridized carbons (Fsp3) is 0.462. The van der Waals surface area contributed by atoms with E-state index in [1.54, 1.807) is 44.4 Å². The van der Waals surface area contributed by atoms with Crippen molar-refractivity contribution in [3.63, 3.8) is 0 Å². The third-order valence-corrected chi connectivity index (χ3v) is 8.52. The highest BCUT2D eigenvalue weighted by Crippen LogP contribution is 2.25. The Hall–Kier alpha value is -2.59. The van der Waals surface area contributed by atoms with Crippen molar-refractivity contribution in [3.05, 3.63) is 58.1 Å². The highest BCUT2D eigenvalue weighted by molar-refractivity contribution is 9.10. The van der Waals surface area contributed by atoms with E-state index in [9.17, 15) is 18.0 Å². The lowest BCUT2D eigenvalue weighted by atomic mass is 10.1. The molecule has 0 spiro atoms. The molecule has 2 aromatic carbocycles. The number of nitrogens with zero attached hydrogens (tertiary/aromatic N) is 2. The third kappa shape index (κ3) is 7.22. The van der Waals surface area contributed by atoms with Gasteiger partial charge in [-0.05, 0) is 68.1 Å². The van der Waals surface area contributed by atoms with Crippen LogP contribution in [0.5, 0.6) is 5.75 Å². The van der Waals surface area contributed by atoms with Gasteiger partial charge in [0, 0.05) is 17.1 Å². The van der Waals surface area contributed by atoms with Gasteiger partial charge in [-0.25, -0.2) is 8.42 Å². The summed E-state index contributed by atoms with van der Waals surface area (Å²) in [6.45, 7) is 3.26. The number of sulfonamides is 1. The van der Waals surface area contributed by atoms with E-state index < -0.39 is 28.5 Å². The van der Waals surface area contributed by atoms with Gasteiger partial charge in [-0.1, -0.05) is 40.9 Å². The largest absolute Gasteiger partial charge is 0.497 e. The molecule has 1 aliphatic carbocycles. The second-order valence-corrected chi connectivity index (χ2v) is 12.0. The Morgan fingerprint density at radius 1 is 1.14 bits per heavy atom. The second kappa shape index (κ2) is 12.1. The molecule has 2 amide bonds. The monoisotopic (exact) mass is 579 g/mol. The molecule has 10 heteroatoms. The standard InChI is InChI=1S/C26H34BrN3O5S/c1-18-15-22(11-14-24(18)27)30(36(4,33)34)17-25(31)29(16-20-9-12-23(35-3)13-10-20)19(2)26(32)28-21-7-5-6-8-21/h9-15,19,21H,5-8,16-17H2,1-4H3,(H,28,32)/t19-/m1/s1. The van der Waals surface area contributed by atoms with Gasteiger partial charge in [0.1, 0.15) is 18.3 Å². The number of aryl methyl sites for hydroxylation is 1. The van der Waals surface area contributed by atoms with Crippen LogP contribution in [0.4, 0.5) is 5.69 Å². The maximum Gasteiger partial charge on any atom is 0.244 e. The van der Waals surface area contributed by atoms with Crippen LogP contribution in [-0.2, 0) is 26.2 Å². The van der Waals surface area contributed by atoms with Gasteiger partial charge < -0.3 is 15.0 Å². The molecule has 0 bridgehead atoms. The second-order valence-electron chi connectivity index (χ2n) is 9.24. The molecule has 8 nitrogen and oxygen atoms in total. The molecule has 1 fully saturated rings. The van der Waals surface area contributed by atoms with E-state index in [4.69, 9.17) is 4.74 Å². The first-order valence-corrected chi connectivity index (χ1v) is 14.6. The number of rotatable bonds is 10. The Labute approximate surface area is 222 Å². The summed E-state index contributed by atoms with van der Waals surface area (Å²) in [4.78, 5) is 28.2. The number of carbonyl (C=O) groups is 2. The number of hydrogen-bond donors (Lipinski definition) is 1. The van der Waals surface area contributed by atoms with Crippen LogP contribution in [0.15, 0.2) is 46.9 Å². The quantitative estimate of drug-likeness (QED) is 0.459. The average molecular weight is 581 g/mol. The Morgan fingerprint density at radius 3 is 2.33 bits per heavy atom. The highest BCUT2D eigenvalue weighted by Gasteiger charge is 2.31. The van der Waals surface area contributed by atoms with Gasteiger partial charge in [-0.2, -0.15) is 0 Å². The molecular formula is C26H34BrN3O5S. The number of anilines is 1. The summed E-state index contributed by atoms with van der Waals surface area (Å²) in [5.74, 6) is -0.0300. The van der Waals surface area contributed by atoms with Crippen LogP contribution in [0.25, 0.3) is 0 Å². The zero-order valence-electron chi connectivity index (χ0n) is 21.2. The molecule has 1 aliphatic rings. The van der Waals surface area contributed by atoms with Crippen molar-refractivity contribution in [2.75, 3.05) is 24.2 Å². The fourth-order valence-electron chi connectivity index (χ4n) is 4.30. The lowest BCUT2D eigenvalue weighted by molar-refractivity contribution is -0.139. The molecular weight excluding hydrogens is 546 g/mol. The third-order valence-electron chi connectivity index (χ3n) is 6.49. The van der Waals surface area contributed by atoms with Crippen molar-refractivity contribution in [1.29, 1.82) is 0 Å². The highest BCUT2D eigenvalue weighted by atomic mass is 79.9. The molecule has 2 aromatic rings. The first kappa shape index (κ1) is 28.0. The number of nitrogens with one attached hydrogen (secondary N) is 1. The number of amides is 2. The van der Waals surface area contributed by atoms with Crippen molar-refractivity contribution in [2.24, 2.45) is 0 Å². The summed E-state index contributed by atoms with van der Waals surface area (Å²) in [5.41, 5.74) is 2.03. The van der Waals surface area contributed by atoms with E-state index in [1.807, 2.05) is 19.1 Å². The van der Waals surface area contributed by atoms with Crippen molar-refractivity contribution < 1.29 is 22.7 Å². The molecule has 0 radical (unpaired) electrons. The van der Waals surface area contributed by atoms with Crippen LogP contribution in [0.3, 0.4) is 0 Å². The normalized spacial score (nSPS) is 14.8. The Morgan fingerprint density at radius 2 is 1.78 bits per heavy atom. The summed E-state index contributed by atoms with van der Waals surface area (Å²) in [5, 5.41) is 3.06. The minimum absolute atomic E-state index is 0.108. The van der Waals surface area contributed by atoms with Gasteiger partial charge >= 0.3 is 0 Å². The summed E-state index contributed by atoms with van der Waals surface area (Å²) >= 11 is 3.42. The first-order valence-electron chi connectivity index (χ1n) is 12.0. The van der Waals surface area contributed by atoms with Crippen LogP contribution in [0.1, 0.15) is 43.7 Å². The van der Waals surface area contributed by atoms with E-state index in [1.165, 1.54) is 4.90 Å². The minimum Gasteiger partial charge on any atom is -0.497 e. The average Bonchev–Trinajstić information content (AvgIpc) is 3.35. The predicted molar refractivity (Wildman–Crippen MR) is 144 cm³/mol. The molecule has 1 N–H and O–H groups in total. The topological polar surface area (TPSA) is 96.0 Å². The number of carbonyl (C=O) groups excluding carboxylic acids is 2. The van der Waals surface area contributed by atoms with E-state index in [0.717, 1.165) is 51.8 Å². The fourth-order valence-corrected chi connectivity index (χ4v) is 5.39. The molecule has 0 aromatic heterocycles. The number of halogens is 1. The van der Waals surface area contributed by atoms with Crippen LogP contribution in [0.2, 0.25) is 0 Å². The van der Waals surface area contributed by atoms with Gasteiger partial charge in [-0.15, -0.1) is 0 Å². The van der Waals surface area contributed by atoms with Gasteiger partial charge in [0.15, 0.2) is 0 Å². The molecule has 0 heterocycles. The maximum absolute atomic E-state index is 13.6. The van der Waals surface area contributed by atoms with E-state index in [2.05, 4.69) is 21.2 Å². The number of ether oxygens (including phenoxy) is 1. The number of hydrogen-bond acceptors (Lipinski definition) is 5. The van der Waals surface area contributed by atoms with Gasteiger partial charge in [0.05, 0.1) is 19.1 Å². The predicted octanol–water partition coefficient (Wildman–Crippen LogP) is 4.01. The van der Waals surface area contributed by atoms with Crippen LogP contribution in [0, 0.1) is 6.92 Å². The molecule has 0 saturated heterocycles. The zero-order valence-corrected chi connectivity index (χ0v) is 23.6. The van der Waals surface area contributed by atoms with E-state index in [-0.39, 0.29) is 18.5 Å².